The monoisotopic (exact) mass is 533 g/mol. The van der Waals surface area contributed by atoms with E-state index in [1.165, 1.54) is 18.2 Å². The van der Waals surface area contributed by atoms with Gasteiger partial charge in [-0.05, 0) is 75.4 Å². The molecular weight excluding hydrogens is 502 g/mol. The summed E-state index contributed by atoms with van der Waals surface area (Å²) in [6.07, 6.45) is 0.578. The van der Waals surface area contributed by atoms with E-state index < -0.39 is 16.6 Å². The first-order valence-electron chi connectivity index (χ1n) is 12.7. The Balaban J connectivity index is 1.39. The highest BCUT2D eigenvalue weighted by atomic mass is 16.6. The number of benzene rings is 3. The lowest BCUT2D eigenvalue weighted by molar-refractivity contribution is -0.385. The van der Waals surface area contributed by atoms with Gasteiger partial charge in [0.05, 0.1) is 4.92 Å². The lowest BCUT2D eigenvalue weighted by atomic mass is 9.89. The zero-order valence-electron chi connectivity index (χ0n) is 22.1. The van der Waals surface area contributed by atoms with Gasteiger partial charge in [0, 0.05) is 30.9 Å². The van der Waals surface area contributed by atoms with Crippen LogP contribution in [-0.2, 0) is 4.74 Å². The van der Waals surface area contributed by atoms with Gasteiger partial charge in [0.15, 0.2) is 0 Å². The van der Waals surface area contributed by atoms with Gasteiger partial charge in [0.2, 0.25) is 5.75 Å². The summed E-state index contributed by atoms with van der Waals surface area (Å²) in [6.45, 7) is 6.76. The number of nitrogens with zero attached hydrogens (tertiary/aromatic N) is 2. The van der Waals surface area contributed by atoms with Crippen LogP contribution in [0.2, 0.25) is 0 Å². The predicted molar refractivity (Wildman–Crippen MR) is 145 cm³/mol. The Hall–Kier alpha value is -4.60. The number of nitro benzene ring substituents is 1. The number of para-hydroxylation sites is 1. The van der Waals surface area contributed by atoms with Crippen LogP contribution in [0.15, 0.2) is 72.8 Å². The second-order valence-corrected chi connectivity index (χ2v) is 10.2. The van der Waals surface area contributed by atoms with Crippen LogP contribution < -0.4 is 14.8 Å². The normalized spacial score (nSPS) is 13.9. The maximum absolute atomic E-state index is 12.3. The van der Waals surface area contributed by atoms with E-state index in [2.05, 4.69) is 5.32 Å². The highest BCUT2D eigenvalue weighted by Gasteiger charge is 2.27. The number of rotatable bonds is 6. The van der Waals surface area contributed by atoms with Crippen molar-refractivity contribution < 1.29 is 28.7 Å². The summed E-state index contributed by atoms with van der Waals surface area (Å²) in [5.74, 6) is 1.03. The highest BCUT2D eigenvalue weighted by Crippen LogP contribution is 2.35. The molecule has 10 heteroatoms. The van der Waals surface area contributed by atoms with Gasteiger partial charge in [-0.2, -0.15) is 0 Å². The minimum Gasteiger partial charge on any atom is -0.450 e. The van der Waals surface area contributed by atoms with Crippen LogP contribution in [0.3, 0.4) is 0 Å². The average molecular weight is 534 g/mol. The van der Waals surface area contributed by atoms with Gasteiger partial charge in [-0.15, -0.1) is 0 Å². The zero-order chi connectivity index (χ0) is 28.0. The fraction of sp³-hybridized carbons (Fsp3) is 0.310. The molecule has 1 aliphatic rings. The molecule has 1 N–H and O–H groups in total. The third-order valence-corrected chi connectivity index (χ3v) is 6.08. The van der Waals surface area contributed by atoms with Crippen molar-refractivity contribution in [3.8, 4) is 17.2 Å². The average Bonchev–Trinajstić information content (AvgIpc) is 2.89. The maximum atomic E-state index is 12.3. The summed E-state index contributed by atoms with van der Waals surface area (Å²) in [6, 6.07) is 19.9. The molecule has 0 atom stereocenters. The standard InChI is InChI=1S/C29H31N3O7/c1-29(2,3)39-28(34)31-17-15-21(16-18-31)20-9-12-24(13-10-20)37-26-19-22(11-14-25(26)32(35)36)30-27(33)38-23-7-5-4-6-8-23/h4-14,19,21H,15-18H2,1-3H3,(H,30,33). The summed E-state index contributed by atoms with van der Waals surface area (Å²) in [5.41, 5.74) is 0.611. The molecule has 10 nitrogen and oxygen atoms in total. The van der Waals surface area contributed by atoms with Gasteiger partial charge in [-0.1, -0.05) is 30.3 Å². The fourth-order valence-electron chi connectivity index (χ4n) is 4.22. The van der Waals surface area contributed by atoms with E-state index in [9.17, 15) is 19.7 Å². The second-order valence-electron chi connectivity index (χ2n) is 10.2. The Bertz CT molecular complexity index is 1310. The molecule has 3 aromatic rings. The smallest absolute Gasteiger partial charge is 0.417 e. The van der Waals surface area contributed by atoms with Gasteiger partial charge in [0.25, 0.3) is 0 Å². The lowest BCUT2D eigenvalue weighted by Gasteiger charge is -2.33. The van der Waals surface area contributed by atoms with Crippen LogP contribution in [-0.4, -0.2) is 40.7 Å². The molecule has 0 bridgehead atoms. The Morgan fingerprint density at radius 2 is 1.62 bits per heavy atom. The molecule has 39 heavy (non-hydrogen) atoms. The van der Waals surface area contributed by atoms with E-state index in [0.717, 1.165) is 18.4 Å². The lowest BCUT2D eigenvalue weighted by Crippen LogP contribution is -2.41. The molecule has 1 fully saturated rings. The van der Waals surface area contributed by atoms with Crippen molar-refractivity contribution in [1.29, 1.82) is 0 Å². The van der Waals surface area contributed by atoms with Crippen LogP contribution in [0, 0.1) is 10.1 Å². The Kier molecular flexibility index (Phi) is 8.33. The third kappa shape index (κ3) is 7.70. The van der Waals surface area contributed by atoms with Crippen LogP contribution in [0.1, 0.15) is 45.1 Å². The number of carbonyl (C=O) groups excluding carboxylic acids is 2. The molecule has 204 valence electrons. The molecule has 0 aliphatic carbocycles. The van der Waals surface area contributed by atoms with Crippen molar-refractivity contribution in [1.82, 2.24) is 4.90 Å². The molecule has 0 aromatic heterocycles. The maximum Gasteiger partial charge on any atom is 0.417 e. The number of nitrogens with one attached hydrogen (secondary N) is 1. The molecule has 1 heterocycles. The SMILES string of the molecule is CC(C)(C)OC(=O)N1CCC(c2ccc(Oc3cc(NC(=O)Oc4ccccc4)ccc3[N+](=O)[O-])cc2)CC1. The number of nitro groups is 1. The third-order valence-electron chi connectivity index (χ3n) is 6.08. The highest BCUT2D eigenvalue weighted by molar-refractivity contribution is 5.87. The van der Waals surface area contributed by atoms with Crippen LogP contribution in [0.25, 0.3) is 0 Å². The van der Waals surface area contributed by atoms with E-state index >= 15 is 0 Å². The predicted octanol–water partition coefficient (Wildman–Crippen LogP) is 7.11. The number of amides is 2. The van der Waals surface area contributed by atoms with E-state index in [-0.39, 0.29) is 29.1 Å². The molecule has 2 amide bonds. The minimum atomic E-state index is -0.733. The molecule has 0 spiro atoms. The molecule has 0 unspecified atom stereocenters. The van der Waals surface area contributed by atoms with Crippen molar-refractivity contribution in [2.24, 2.45) is 0 Å². The van der Waals surface area contributed by atoms with Crippen molar-refractivity contribution in [2.75, 3.05) is 18.4 Å². The van der Waals surface area contributed by atoms with Gasteiger partial charge in [-0.25, -0.2) is 9.59 Å². The zero-order valence-corrected chi connectivity index (χ0v) is 22.1. The van der Waals surface area contributed by atoms with E-state index in [4.69, 9.17) is 14.2 Å². The van der Waals surface area contributed by atoms with Crippen LogP contribution >= 0.6 is 0 Å². The first-order chi connectivity index (χ1) is 18.6. The van der Waals surface area contributed by atoms with Crippen molar-refractivity contribution in [3.63, 3.8) is 0 Å². The summed E-state index contributed by atoms with van der Waals surface area (Å²) < 4.78 is 16.5. The van der Waals surface area contributed by atoms with Crippen LogP contribution in [0.4, 0.5) is 21.0 Å². The topological polar surface area (TPSA) is 120 Å². The van der Waals surface area contributed by atoms with Gasteiger partial charge >= 0.3 is 17.9 Å². The Morgan fingerprint density at radius 1 is 0.949 bits per heavy atom. The van der Waals surface area contributed by atoms with E-state index in [1.54, 1.807) is 47.4 Å². The summed E-state index contributed by atoms with van der Waals surface area (Å²) >= 11 is 0. The van der Waals surface area contributed by atoms with E-state index in [0.29, 0.717) is 24.6 Å². The minimum absolute atomic E-state index is 0.0177. The summed E-state index contributed by atoms with van der Waals surface area (Å²) in [5, 5.41) is 14.1. The second kappa shape index (κ2) is 11.8. The number of hydrogen-bond acceptors (Lipinski definition) is 7. The number of ether oxygens (including phenoxy) is 3. The number of likely N-dealkylation sites (tertiary alicyclic amines) is 1. The number of carbonyl (C=O) groups is 2. The van der Waals surface area contributed by atoms with Gasteiger partial charge in [0.1, 0.15) is 17.1 Å². The van der Waals surface area contributed by atoms with E-state index in [1.807, 2.05) is 32.9 Å². The largest absolute Gasteiger partial charge is 0.450 e. The molecule has 3 aromatic carbocycles. The number of piperidine rings is 1. The van der Waals surface area contributed by atoms with Crippen molar-refractivity contribution in [2.45, 2.75) is 45.1 Å². The van der Waals surface area contributed by atoms with Gasteiger partial charge in [-0.3, -0.25) is 15.4 Å². The molecule has 1 saturated heterocycles. The number of anilines is 1. The molecule has 0 radical (unpaired) electrons. The molecule has 1 aliphatic heterocycles. The van der Waals surface area contributed by atoms with Crippen molar-refractivity contribution >= 4 is 23.6 Å². The Labute approximate surface area is 226 Å². The first-order valence-corrected chi connectivity index (χ1v) is 12.7. The molecule has 4 rings (SSSR count). The van der Waals surface area contributed by atoms with Gasteiger partial charge < -0.3 is 19.1 Å². The summed E-state index contributed by atoms with van der Waals surface area (Å²) in [7, 11) is 0. The molecular formula is C29H31N3O7. The molecule has 0 saturated carbocycles. The van der Waals surface area contributed by atoms with Crippen molar-refractivity contribution in [3.05, 3.63) is 88.5 Å². The summed E-state index contributed by atoms with van der Waals surface area (Å²) in [4.78, 5) is 37.3. The first kappa shape index (κ1) is 27.4. The Morgan fingerprint density at radius 3 is 2.23 bits per heavy atom. The van der Waals surface area contributed by atoms with Crippen LogP contribution in [0.5, 0.6) is 17.2 Å². The number of hydrogen-bond donors (Lipinski definition) is 1. The quantitative estimate of drug-likeness (QED) is 0.265. The fourth-order valence-corrected chi connectivity index (χ4v) is 4.22.